The average Bonchev–Trinajstić information content (AvgIpc) is 3.21. The van der Waals surface area contributed by atoms with Crippen LogP contribution in [0, 0.1) is 13.8 Å². The molecule has 0 bridgehead atoms. The zero-order chi connectivity index (χ0) is 20.9. The summed E-state index contributed by atoms with van der Waals surface area (Å²) < 4.78 is 1.91. The lowest BCUT2D eigenvalue weighted by molar-refractivity contribution is -0.127. The van der Waals surface area contributed by atoms with Crippen LogP contribution in [-0.2, 0) is 4.79 Å². The van der Waals surface area contributed by atoms with Gasteiger partial charge in [-0.1, -0.05) is 18.2 Å². The summed E-state index contributed by atoms with van der Waals surface area (Å²) in [4.78, 5) is 37.6. The van der Waals surface area contributed by atoms with E-state index in [2.05, 4.69) is 26.0 Å². The Morgan fingerprint density at radius 2 is 1.57 bits per heavy atom. The van der Waals surface area contributed by atoms with Crippen molar-refractivity contribution >= 4 is 33.3 Å². The quantitative estimate of drug-likeness (QED) is 0.582. The highest BCUT2D eigenvalue weighted by molar-refractivity contribution is 6.11. The number of amides is 1. The van der Waals surface area contributed by atoms with Gasteiger partial charge in [0, 0.05) is 23.1 Å². The van der Waals surface area contributed by atoms with Gasteiger partial charge in [-0.2, -0.15) is 0 Å². The van der Waals surface area contributed by atoms with E-state index in [0.29, 0.717) is 6.42 Å². The average molecular weight is 400 g/mol. The first-order chi connectivity index (χ1) is 14.4. The van der Waals surface area contributed by atoms with Crippen molar-refractivity contribution < 1.29 is 4.79 Å². The molecule has 3 aromatic rings. The molecular formula is C24H24N4O2. The molecule has 2 aromatic carbocycles. The number of fused-ring (bicyclic) bond motifs is 5. The Kier molecular flexibility index (Phi) is 3.43. The van der Waals surface area contributed by atoms with Crippen molar-refractivity contribution in [3.05, 3.63) is 51.2 Å². The van der Waals surface area contributed by atoms with Crippen LogP contribution in [0.3, 0.4) is 0 Å². The molecule has 1 saturated carbocycles. The number of nitrogens with zero attached hydrogens (tertiary/aromatic N) is 4. The van der Waals surface area contributed by atoms with Gasteiger partial charge in [0.2, 0.25) is 5.91 Å². The van der Waals surface area contributed by atoms with Crippen molar-refractivity contribution in [3.8, 4) is 0 Å². The SMILES string of the molecule is CC(=O)N1C(C)=NC2CC3N=c4c5ccc(C)c6c(C)ccc(c(=O)n4C3CC21)c65. The van der Waals surface area contributed by atoms with Gasteiger partial charge in [-0.05, 0) is 56.2 Å². The second-order valence-corrected chi connectivity index (χ2v) is 9.04. The lowest BCUT2D eigenvalue weighted by Crippen LogP contribution is -2.49. The molecule has 0 spiro atoms. The number of carbonyl (C=O) groups is 1. The Hall–Kier alpha value is -3.02. The third kappa shape index (κ3) is 2.09. The van der Waals surface area contributed by atoms with E-state index in [-0.39, 0.29) is 35.6 Å². The zero-order valence-corrected chi connectivity index (χ0v) is 17.6. The van der Waals surface area contributed by atoms with Gasteiger partial charge in [0.25, 0.3) is 5.56 Å². The minimum absolute atomic E-state index is 0.0172. The van der Waals surface area contributed by atoms with E-state index in [1.54, 1.807) is 6.92 Å². The third-order valence-electron chi connectivity index (χ3n) is 7.34. The number of aryl methyl sites for hydroxylation is 2. The number of aromatic nitrogens is 1. The molecule has 30 heavy (non-hydrogen) atoms. The van der Waals surface area contributed by atoms with Gasteiger partial charge in [0.05, 0.1) is 24.2 Å². The summed E-state index contributed by atoms with van der Waals surface area (Å²) in [6, 6.07) is 8.34. The molecule has 0 N–H and O–H groups in total. The van der Waals surface area contributed by atoms with Crippen LogP contribution in [0.4, 0.5) is 0 Å². The fraction of sp³-hybridized carbons (Fsp3) is 0.417. The summed E-state index contributed by atoms with van der Waals surface area (Å²) in [5.74, 6) is 0.806. The highest BCUT2D eigenvalue weighted by atomic mass is 16.2. The number of pyridine rings is 1. The Balaban J connectivity index is 1.60. The van der Waals surface area contributed by atoms with Crippen molar-refractivity contribution in [1.29, 1.82) is 0 Å². The van der Waals surface area contributed by atoms with Crippen molar-refractivity contribution in [3.63, 3.8) is 0 Å². The molecule has 2 aliphatic heterocycles. The van der Waals surface area contributed by atoms with E-state index in [1.807, 2.05) is 28.5 Å². The van der Waals surface area contributed by atoms with Crippen LogP contribution in [0.1, 0.15) is 43.9 Å². The molecule has 4 atom stereocenters. The lowest BCUT2D eigenvalue weighted by Gasteiger charge is -2.36. The van der Waals surface area contributed by atoms with Gasteiger partial charge in [-0.15, -0.1) is 0 Å². The molecule has 6 nitrogen and oxygen atoms in total. The van der Waals surface area contributed by atoms with E-state index in [0.717, 1.165) is 39.3 Å². The normalized spacial score (nSPS) is 27.1. The molecule has 1 fully saturated rings. The Bertz CT molecular complexity index is 1410. The number of benzene rings is 2. The lowest BCUT2D eigenvalue weighted by atomic mass is 9.83. The van der Waals surface area contributed by atoms with Crippen molar-refractivity contribution in [2.45, 2.75) is 64.7 Å². The summed E-state index contributed by atoms with van der Waals surface area (Å²) in [5, 5.41) is 4.01. The Morgan fingerprint density at radius 1 is 0.900 bits per heavy atom. The van der Waals surface area contributed by atoms with Gasteiger partial charge < -0.3 is 0 Å². The van der Waals surface area contributed by atoms with E-state index >= 15 is 0 Å². The predicted molar refractivity (Wildman–Crippen MR) is 117 cm³/mol. The minimum Gasteiger partial charge on any atom is -0.296 e. The summed E-state index contributed by atoms with van der Waals surface area (Å²) in [5.41, 5.74) is 3.20. The monoisotopic (exact) mass is 400 g/mol. The topological polar surface area (TPSA) is 67.0 Å². The van der Waals surface area contributed by atoms with Gasteiger partial charge in [0.1, 0.15) is 11.3 Å². The molecule has 6 heteroatoms. The van der Waals surface area contributed by atoms with Gasteiger partial charge in [0.15, 0.2) is 0 Å². The molecule has 0 saturated heterocycles. The predicted octanol–water partition coefficient (Wildman–Crippen LogP) is 2.84. The van der Waals surface area contributed by atoms with Crippen molar-refractivity contribution in [2.24, 2.45) is 9.98 Å². The van der Waals surface area contributed by atoms with Crippen LogP contribution in [0.5, 0.6) is 0 Å². The fourth-order valence-electron chi connectivity index (χ4n) is 6.15. The molecule has 1 aliphatic carbocycles. The maximum absolute atomic E-state index is 13.7. The van der Waals surface area contributed by atoms with Crippen LogP contribution < -0.4 is 11.0 Å². The summed E-state index contributed by atoms with van der Waals surface area (Å²) in [7, 11) is 0. The molecule has 3 aliphatic rings. The smallest absolute Gasteiger partial charge is 0.260 e. The molecule has 3 heterocycles. The van der Waals surface area contributed by atoms with Crippen LogP contribution in [0.25, 0.3) is 21.5 Å². The van der Waals surface area contributed by atoms with Crippen molar-refractivity contribution in [2.75, 3.05) is 0 Å². The molecule has 152 valence electrons. The maximum Gasteiger partial charge on any atom is 0.260 e. The van der Waals surface area contributed by atoms with Gasteiger partial charge in [-0.25, -0.2) is 0 Å². The maximum atomic E-state index is 13.7. The summed E-state index contributed by atoms with van der Waals surface area (Å²) in [6.07, 6.45) is 1.48. The number of hydrogen-bond donors (Lipinski definition) is 0. The number of hydrogen-bond acceptors (Lipinski definition) is 4. The molecular weight excluding hydrogens is 376 g/mol. The molecule has 6 rings (SSSR count). The fourth-order valence-corrected chi connectivity index (χ4v) is 6.15. The van der Waals surface area contributed by atoms with E-state index in [1.165, 1.54) is 11.1 Å². The van der Waals surface area contributed by atoms with Gasteiger partial charge in [-0.3, -0.25) is 29.0 Å². The standard InChI is InChI=1S/C24H24N4O2/c1-11-5-7-15-22-16(8-6-12(2)21(11)22)24(30)28-20-10-19-17(9-18(20)26-23(15)28)25-13(3)27(19)14(4)29/h5-8,17-20H,9-10H2,1-4H3. The molecule has 1 aromatic heterocycles. The summed E-state index contributed by atoms with van der Waals surface area (Å²) in [6.45, 7) is 7.69. The van der Waals surface area contributed by atoms with E-state index in [4.69, 9.17) is 9.98 Å². The summed E-state index contributed by atoms with van der Waals surface area (Å²) >= 11 is 0. The third-order valence-corrected chi connectivity index (χ3v) is 7.34. The molecule has 4 unspecified atom stereocenters. The highest BCUT2D eigenvalue weighted by Crippen LogP contribution is 2.40. The van der Waals surface area contributed by atoms with Crippen molar-refractivity contribution in [1.82, 2.24) is 9.47 Å². The minimum atomic E-state index is -0.0255. The molecule has 1 amide bonds. The second-order valence-electron chi connectivity index (χ2n) is 9.04. The second kappa shape index (κ2) is 5.78. The number of carbonyl (C=O) groups excluding carboxylic acids is 1. The van der Waals surface area contributed by atoms with Crippen LogP contribution in [-0.4, -0.2) is 39.3 Å². The van der Waals surface area contributed by atoms with E-state index in [9.17, 15) is 9.59 Å². The molecule has 0 radical (unpaired) electrons. The number of amidine groups is 1. The first kappa shape index (κ1) is 17.8. The Labute approximate surface area is 173 Å². The highest BCUT2D eigenvalue weighted by Gasteiger charge is 2.47. The first-order valence-electron chi connectivity index (χ1n) is 10.7. The Morgan fingerprint density at radius 3 is 2.27 bits per heavy atom. The number of rotatable bonds is 0. The van der Waals surface area contributed by atoms with Gasteiger partial charge >= 0.3 is 0 Å². The van der Waals surface area contributed by atoms with Crippen LogP contribution >= 0.6 is 0 Å². The largest absolute Gasteiger partial charge is 0.296 e. The number of aliphatic imine (C=N–C) groups is 1. The van der Waals surface area contributed by atoms with E-state index < -0.39 is 0 Å². The first-order valence-corrected chi connectivity index (χ1v) is 10.7. The van der Waals surface area contributed by atoms with Crippen LogP contribution in [0.15, 0.2) is 39.0 Å². The van der Waals surface area contributed by atoms with Crippen LogP contribution in [0.2, 0.25) is 0 Å². The zero-order valence-electron chi connectivity index (χ0n) is 17.6.